The van der Waals surface area contributed by atoms with Crippen molar-refractivity contribution in [1.82, 2.24) is 0 Å². The molecule has 5 unspecified atom stereocenters. The Morgan fingerprint density at radius 3 is 2.48 bits per heavy atom. The number of rotatable bonds is 4. The van der Waals surface area contributed by atoms with Gasteiger partial charge in [-0.1, -0.05) is 50.1 Å². The number of benzene rings is 1. The van der Waals surface area contributed by atoms with Gasteiger partial charge in [-0.2, -0.15) is 15.8 Å². The van der Waals surface area contributed by atoms with Gasteiger partial charge in [0.2, 0.25) is 11.7 Å². The van der Waals surface area contributed by atoms with E-state index < -0.39 is 28.6 Å². The number of nitriles is 3. The minimum Gasteiger partial charge on any atom is -0.447 e. The molecule has 2 bridgehead atoms. The lowest BCUT2D eigenvalue weighted by Gasteiger charge is -2.52. The SMILES string of the molecule is CCCC1CCC23OC(=N)C(C#N)(C2C1)C(C#N)(C#N)C(Cc1ccccc1)O3. The van der Waals surface area contributed by atoms with Crippen molar-refractivity contribution in [3.63, 3.8) is 0 Å². The monoisotopic (exact) mass is 388 g/mol. The van der Waals surface area contributed by atoms with Crippen LogP contribution in [0.2, 0.25) is 0 Å². The van der Waals surface area contributed by atoms with Crippen LogP contribution in [0.25, 0.3) is 0 Å². The molecule has 0 amide bonds. The smallest absolute Gasteiger partial charge is 0.217 e. The highest BCUT2D eigenvalue weighted by atomic mass is 16.7. The Bertz CT molecular complexity index is 926. The third-order valence-electron chi connectivity index (χ3n) is 7.09. The second-order valence-corrected chi connectivity index (χ2v) is 8.47. The molecule has 3 fully saturated rings. The summed E-state index contributed by atoms with van der Waals surface area (Å²) in [7, 11) is 0. The van der Waals surface area contributed by atoms with Crippen molar-refractivity contribution in [2.24, 2.45) is 22.7 Å². The molecule has 6 heteroatoms. The first-order chi connectivity index (χ1) is 14.0. The normalized spacial score (nSPS) is 36.8. The van der Waals surface area contributed by atoms with Crippen LogP contribution < -0.4 is 0 Å². The van der Waals surface area contributed by atoms with Crippen LogP contribution in [-0.4, -0.2) is 17.8 Å². The standard InChI is InChI=1S/C23H24N4O2/c1-2-6-16-9-10-23-18(11-16)22(15-26,20(27)29-23)21(13-24,14-25)19(28-23)12-17-7-4-3-5-8-17/h3-5,7-8,16,18-19,27H,2,6,9-12H2,1H3. The maximum atomic E-state index is 10.3. The Morgan fingerprint density at radius 2 is 1.86 bits per heavy atom. The molecule has 5 atom stereocenters. The summed E-state index contributed by atoms with van der Waals surface area (Å²) in [5.74, 6) is -1.47. The highest BCUT2D eigenvalue weighted by Crippen LogP contribution is 2.67. The van der Waals surface area contributed by atoms with E-state index >= 15 is 0 Å². The van der Waals surface area contributed by atoms with Crippen molar-refractivity contribution in [2.45, 2.75) is 57.3 Å². The van der Waals surface area contributed by atoms with Crippen molar-refractivity contribution in [2.75, 3.05) is 0 Å². The summed E-state index contributed by atoms with van der Waals surface area (Å²) in [5.41, 5.74) is -2.49. The van der Waals surface area contributed by atoms with Crippen molar-refractivity contribution in [3.05, 3.63) is 35.9 Å². The predicted octanol–water partition coefficient (Wildman–Crippen LogP) is 4.09. The van der Waals surface area contributed by atoms with Gasteiger partial charge in [-0.3, -0.25) is 5.41 Å². The lowest BCUT2D eigenvalue weighted by Crippen LogP contribution is -2.64. The van der Waals surface area contributed by atoms with Crippen molar-refractivity contribution in [1.29, 1.82) is 21.2 Å². The maximum absolute atomic E-state index is 10.3. The predicted molar refractivity (Wildman–Crippen MR) is 104 cm³/mol. The zero-order chi connectivity index (χ0) is 20.7. The Balaban J connectivity index is 1.84. The van der Waals surface area contributed by atoms with Gasteiger partial charge in [0, 0.05) is 12.8 Å². The topological polar surface area (TPSA) is 114 Å². The van der Waals surface area contributed by atoms with Gasteiger partial charge in [0.15, 0.2) is 10.8 Å². The van der Waals surface area contributed by atoms with E-state index in [1.807, 2.05) is 30.3 Å². The van der Waals surface area contributed by atoms with Crippen LogP contribution >= 0.6 is 0 Å². The minimum absolute atomic E-state index is 0.277. The van der Waals surface area contributed by atoms with Crippen LogP contribution in [0, 0.1) is 62.1 Å². The highest BCUT2D eigenvalue weighted by Gasteiger charge is 2.80. The zero-order valence-corrected chi connectivity index (χ0v) is 16.5. The fraction of sp³-hybridized carbons (Fsp3) is 0.565. The number of ether oxygens (including phenoxy) is 2. The summed E-state index contributed by atoms with van der Waals surface area (Å²) in [5, 5.41) is 39.4. The fourth-order valence-electron chi connectivity index (χ4n) is 5.71. The van der Waals surface area contributed by atoms with Crippen molar-refractivity contribution >= 4 is 5.90 Å². The molecule has 0 aromatic heterocycles. The molecule has 1 N–H and O–H groups in total. The van der Waals surface area contributed by atoms with Crippen molar-refractivity contribution in [3.8, 4) is 18.2 Å². The third-order valence-corrected chi connectivity index (χ3v) is 7.09. The molecule has 2 heterocycles. The van der Waals surface area contributed by atoms with Gasteiger partial charge in [0.25, 0.3) is 0 Å². The molecule has 0 radical (unpaired) electrons. The summed E-state index contributed by atoms with van der Waals surface area (Å²) in [4.78, 5) is 0. The largest absolute Gasteiger partial charge is 0.447 e. The Morgan fingerprint density at radius 1 is 1.14 bits per heavy atom. The molecular weight excluding hydrogens is 364 g/mol. The highest BCUT2D eigenvalue weighted by molar-refractivity contribution is 5.89. The molecule has 4 rings (SSSR count). The zero-order valence-electron chi connectivity index (χ0n) is 16.5. The van der Waals surface area contributed by atoms with Gasteiger partial charge in [-0.05, 0) is 24.3 Å². The van der Waals surface area contributed by atoms with Gasteiger partial charge in [-0.15, -0.1) is 0 Å². The van der Waals surface area contributed by atoms with E-state index in [1.165, 1.54) is 0 Å². The molecule has 6 nitrogen and oxygen atoms in total. The van der Waals surface area contributed by atoms with Crippen LogP contribution in [0.1, 0.15) is 44.6 Å². The maximum Gasteiger partial charge on any atom is 0.217 e. The second kappa shape index (κ2) is 6.87. The van der Waals surface area contributed by atoms with Gasteiger partial charge in [0.1, 0.15) is 6.10 Å². The molecule has 148 valence electrons. The first-order valence-electron chi connectivity index (χ1n) is 10.3. The van der Waals surface area contributed by atoms with E-state index in [-0.39, 0.29) is 5.90 Å². The summed E-state index contributed by atoms with van der Waals surface area (Å²) in [6.07, 6.45) is 3.61. The quantitative estimate of drug-likeness (QED) is 0.834. The summed E-state index contributed by atoms with van der Waals surface area (Å²) in [6.45, 7) is 2.12. The Kier molecular flexibility index (Phi) is 4.60. The average Bonchev–Trinajstić information content (AvgIpc) is 2.94. The van der Waals surface area contributed by atoms with Gasteiger partial charge >= 0.3 is 0 Å². The van der Waals surface area contributed by atoms with Crippen molar-refractivity contribution < 1.29 is 9.47 Å². The summed E-state index contributed by atoms with van der Waals surface area (Å²) < 4.78 is 12.4. The Labute approximate surface area is 171 Å². The summed E-state index contributed by atoms with van der Waals surface area (Å²) in [6, 6.07) is 16.0. The molecule has 1 saturated carbocycles. The van der Waals surface area contributed by atoms with Crippen LogP contribution in [0.5, 0.6) is 0 Å². The van der Waals surface area contributed by atoms with E-state index in [1.54, 1.807) is 0 Å². The number of hydrogen-bond donors (Lipinski definition) is 1. The van der Waals surface area contributed by atoms with Crippen LogP contribution in [-0.2, 0) is 15.9 Å². The second-order valence-electron chi connectivity index (χ2n) is 8.47. The number of hydrogen-bond acceptors (Lipinski definition) is 6. The summed E-state index contributed by atoms with van der Waals surface area (Å²) >= 11 is 0. The first-order valence-corrected chi connectivity index (χ1v) is 10.3. The van der Waals surface area contributed by atoms with E-state index in [2.05, 4.69) is 25.1 Å². The molecule has 0 spiro atoms. The van der Waals surface area contributed by atoms with Crippen LogP contribution in [0.3, 0.4) is 0 Å². The molecule has 1 aliphatic carbocycles. The molecule has 2 saturated heterocycles. The van der Waals surface area contributed by atoms with E-state index in [4.69, 9.17) is 14.9 Å². The Hall–Kier alpha value is -2.88. The van der Waals surface area contributed by atoms with Crippen LogP contribution in [0.4, 0.5) is 0 Å². The van der Waals surface area contributed by atoms with E-state index in [9.17, 15) is 15.8 Å². The number of nitrogens with one attached hydrogen (secondary N) is 1. The third kappa shape index (κ3) is 2.44. The molecule has 29 heavy (non-hydrogen) atoms. The fourth-order valence-corrected chi connectivity index (χ4v) is 5.71. The minimum atomic E-state index is -1.80. The molecule has 1 aromatic carbocycles. The molecule has 2 aliphatic heterocycles. The van der Waals surface area contributed by atoms with E-state index in [0.29, 0.717) is 25.2 Å². The first kappa shape index (κ1) is 19.4. The molecule has 3 aliphatic rings. The lowest BCUT2D eigenvalue weighted by molar-refractivity contribution is -0.295. The number of nitrogens with zero attached hydrogens (tertiary/aromatic N) is 3. The van der Waals surface area contributed by atoms with E-state index in [0.717, 1.165) is 24.8 Å². The van der Waals surface area contributed by atoms with Crippen LogP contribution in [0.15, 0.2) is 30.3 Å². The van der Waals surface area contributed by atoms with Gasteiger partial charge < -0.3 is 9.47 Å². The van der Waals surface area contributed by atoms with Gasteiger partial charge in [0.05, 0.1) is 24.1 Å². The average molecular weight is 388 g/mol. The molecular formula is C23H24N4O2. The lowest BCUT2D eigenvalue weighted by atomic mass is 9.50. The molecule has 1 aromatic rings. The van der Waals surface area contributed by atoms with Gasteiger partial charge in [-0.25, -0.2) is 0 Å².